The lowest BCUT2D eigenvalue weighted by molar-refractivity contribution is -0.137. The number of rotatable bonds is 3. The molecule has 0 unspecified atom stereocenters. The van der Waals surface area contributed by atoms with Crippen molar-refractivity contribution in [2.45, 2.75) is 12.6 Å². The summed E-state index contributed by atoms with van der Waals surface area (Å²) >= 11 is 0. The molecule has 0 aliphatic heterocycles. The molecule has 0 saturated heterocycles. The third-order valence-corrected chi connectivity index (χ3v) is 1.57. The summed E-state index contributed by atoms with van der Waals surface area (Å²) in [6.45, 7) is 4.18. The van der Waals surface area contributed by atoms with Crippen LogP contribution in [0, 0.1) is 6.92 Å². The third kappa shape index (κ3) is 2.90. The summed E-state index contributed by atoms with van der Waals surface area (Å²) in [5, 5.41) is 2.83. The number of halogens is 3. The van der Waals surface area contributed by atoms with Gasteiger partial charge >= 0.3 is 6.18 Å². The fourth-order valence-corrected chi connectivity index (χ4v) is 0.883. The first-order valence-electron chi connectivity index (χ1n) is 4.10. The lowest BCUT2D eigenvalue weighted by Gasteiger charge is -2.07. The molecular weight excluding hydrogens is 193 g/mol. The first-order valence-corrected chi connectivity index (χ1v) is 4.10. The van der Waals surface area contributed by atoms with Crippen molar-refractivity contribution < 1.29 is 13.2 Å². The molecule has 0 spiro atoms. The third-order valence-electron chi connectivity index (χ3n) is 1.57. The maximum absolute atomic E-state index is 12.1. The van der Waals surface area contributed by atoms with Gasteiger partial charge in [0.15, 0.2) is 0 Å². The zero-order valence-corrected chi connectivity index (χ0v) is 7.43. The molecule has 1 radical (unpaired) electrons. The molecule has 1 rings (SSSR count). The second kappa shape index (κ2) is 4.30. The van der Waals surface area contributed by atoms with Crippen molar-refractivity contribution in [3.05, 3.63) is 30.8 Å². The topological polar surface area (TPSA) is 24.9 Å². The number of alkyl halides is 3. The number of nitrogens with zero attached hydrogens (tertiary/aromatic N) is 1. The smallest absolute Gasteiger partial charge is 0.370 e. The Kier molecular flexibility index (Phi) is 3.33. The Bertz CT molecular complexity index is 279. The van der Waals surface area contributed by atoms with Gasteiger partial charge in [-0.05, 0) is 18.6 Å². The van der Waals surface area contributed by atoms with E-state index in [2.05, 4.69) is 17.2 Å². The Morgan fingerprint density at radius 1 is 1.36 bits per heavy atom. The van der Waals surface area contributed by atoms with Crippen molar-refractivity contribution in [1.29, 1.82) is 0 Å². The van der Waals surface area contributed by atoms with Crippen molar-refractivity contribution >= 4 is 5.82 Å². The second-order valence-electron chi connectivity index (χ2n) is 2.71. The van der Waals surface area contributed by atoms with Crippen LogP contribution in [-0.2, 0) is 6.18 Å². The van der Waals surface area contributed by atoms with Crippen molar-refractivity contribution in [1.82, 2.24) is 4.98 Å². The fraction of sp³-hybridized carbons (Fsp3) is 0.333. The summed E-state index contributed by atoms with van der Waals surface area (Å²) in [5.74, 6) is 0.432. The standard InChI is InChI=1S/C9H10F3N2/c1-2-5-13-8-4-3-7(6-14-8)9(10,11)12/h3-4,6H,1-2,5H2,(H,13,14). The van der Waals surface area contributed by atoms with Crippen LogP contribution in [0.3, 0.4) is 0 Å². The molecule has 1 aromatic heterocycles. The molecule has 1 heterocycles. The maximum atomic E-state index is 12.1. The SMILES string of the molecule is [CH2]CCNc1ccc(C(F)(F)F)cn1. The van der Waals surface area contributed by atoms with E-state index in [9.17, 15) is 13.2 Å². The van der Waals surface area contributed by atoms with Gasteiger partial charge in [-0.15, -0.1) is 0 Å². The van der Waals surface area contributed by atoms with Crippen molar-refractivity contribution in [3.8, 4) is 0 Å². The Balaban J connectivity index is 2.69. The van der Waals surface area contributed by atoms with E-state index in [1.807, 2.05) is 0 Å². The Labute approximate surface area is 80.2 Å². The molecule has 14 heavy (non-hydrogen) atoms. The van der Waals surface area contributed by atoms with Crippen LogP contribution in [0.5, 0.6) is 0 Å². The molecule has 0 aromatic carbocycles. The molecule has 0 amide bonds. The van der Waals surface area contributed by atoms with Crippen LogP contribution >= 0.6 is 0 Å². The van der Waals surface area contributed by atoms with Crippen LogP contribution in [0.25, 0.3) is 0 Å². The summed E-state index contributed by atoms with van der Waals surface area (Å²) < 4.78 is 36.3. The monoisotopic (exact) mass is 203 g/mol. The molecule has 2 nitrogen and oxygen atoms in total. The van der Waals surface area contributed by atoms with Crippen molar-refractivity contribution in [3.63, 3.8) is 0 Å². The number of nitrogens with one attached hydrogen (secondary N) is 1. The minimum absolute atomic E-state index is 0.432. The van der Waals surface area contributed by atoms with Crippen molar-refractivity contribution in [2.24, 2.45) is 0 Å². The highest BCUT2D eigenvalue weighted by Crippen LogP contribution is 2.28. The second-order valence-corrected chi connectivity index (χ2v) is 2.71. The van der Waals surface area contributed by atoms with Gasteiger partial charge in [-0.1, -0.05) is 6.92 Å². The Morgan fingerprint density at radius 2 is 2.07 bits per heavy atom. The van der Waals surface area contributed by atoms with Gasteiger partial charge < -0.3 is 5.32 Å². The molecule has 1 N–H and O–H groups in total. The summed E-state index contributed by atoms with van der Waals surface area (Å²) in [6, 6.07) is 2.30. The lowest BCUT2D eigenvalue weighted by Crippen LogP contribution is -2.07. The summed E-state index contributed by atoms with van der Waals surface area (Å²) in [7, 11) is 0. The van der Waals surface area contributed by atoms with Crippen LogP contribution in [0.1, 0.15) is 12.0 Å². The highest BCUT2D eigenvalue weighted by molar-refractivity contribution is 5.35. The highest BCUT2D eigenvalue weighted by Gasteiger charge is 2.30. The molecule has 0 saturated carbocycles. The minimum Gasteiger partial charge on any atom is -0.370 e. The number of hydrogen-bond acceptors (Lipinski definition) is 2. The van der Waals surface area contributed by atoms with Gasteiger partial charge in [-0.25, -0.2) is 4.98 Å². The lowest BCUT2D eigenvalue weighted by atomic mass is 10.3. The van der Waals surface area contributed by atoms with E-state index < -0.39 is 11.7 Å². The van der Waals surface area contributed by atoms with Crippen LogP contribution in [-0.4, -0.2) is 11.5 Å². The van der Waals surface area contributed by atoms with Crippen molar-refractivity contribution in [2.75, 3.05) is 11.9 Å². The molecule has 0 aliphatic carbocycles. The molecule has 0 atom stereocenters. The van der Waals surface area contributed by atoms with E-state index in [-0.39, 0.29) is 0 Å². The zero-order valence-electron chi connectivity index (χ0n) is 7.43. The quantitative estimate of drug-likeness (QED) is 0.816. The Morgan fingerprint density at radius 3 is 2.50 bits per heavy atom. The molecule has 5 heteroatoms. The van der Waals surface area contributed by atoms with E-state index in [0.717, 1.165) is 12.3 Å². The Hall–Kier alpha value is -1.26. The number of hydrogen-bond donors (Lipinski definition) is 1. The molecule has 77 valence electrons. The van der Waals surface area contributed by atoms with Crippen LogP contribution in [0.4, 0.5) is 19.0 Å². The van der Waals surface area contributed by atoms with Gasteiger partial charge in [-0.2, -0.15) is 13.2 Å². The first-order chi connectivity index (χ1) is 6.54. The molecular formula is C9H10F3N2. The minimum atomic E-state index is -4.32. The number of pyridine rings is 1. The van der Waals surface area contributed by atoms with Gasteiger partial charge in [0.1, 0.15) is 5.82 Å². The molecule has 0 fully saturated rings. The highest BCUT2D eigenvalue weighted by atomic mass is 19.4. The van der Waals surface area contributed by atoms with E-state index in [1.54, 1.807) is 0 Å². The molecule has 0 aliphatic rings. The predicted octanol–water partition coefficient (Wildman–Crippen LogP) is 2.74. The van der Waals surface area contributed by atoms with Gasteiger partial charge in [-0.3, -0.25) is 0 Å². The van der Waals surface area contributed by atoms with E-state index in [0.29, 0.717) is 18.8 Å². The maximum Gasteiger partial charge on any atom is 0.417 e. The largest absolute Gasteiger partial charge is 0.417 e. The average Bonchev–Trinajstić information content (AvgIpc) is 2.14. The number of anilines is 1. The van der Waals surface area contributed by atoms with Gasteiger partial charge in [0.2, 0.25) is 0 Å². The van der Waals surface area contributed by atoms with Gasteiger partial charge in [0.25, 0.3) is 0 Å². The van der Waals surface area contributed by atoms with Gasteiger partial charge in [0, 0.05) is 12.7 Å². The van der Waals surface area contributed by atoms with Crippen LogP contribution in [0.15, 0.2) is 18.3 Å². The van der Waals surface area contributed by atoms with Gasteiger partial charge in [0.05, 0.1) is 5.56 Å². The molecule has 1 aromatic rings. The molecule has 0 bridgehead atoms. The van der Waals surface area contributed by atoms with E-state index in [1.165, 1.54) is 6.07 Å². The number of aromatic nitrogens is 1. The predicted molar refractivity (Wildman–Crippen MR) is 47.7 cm³/mol. The summed E-state index contributed by atoms with van der Waals surface area (Å²) in [6.07, 6.45) is -2.86. The normalized spacial score (nSPS) is 11.4. The van der Waals surface area contributed by atoms with E-state index in [4.69, 9.17) is 0 Å². The fourth-order valence-electron chi connectivity index (χ4n) is 0.883. The van der Waals surface area contributed by atoms with E-state index >= 15 is 0 Å². The summed E-state index contributed by atoms with van der Waals surface area (Å²) in [4.78, 5) is 3.62. The van der Waals surface area contributed by atoms with Crippen LogP contribution < -0.4 is 5.32 Å². The summed E-state index contributed by atoms with van der Waals surface area (Å²) in [5.41, 5.74) is -0.738. The average molecular weight is 203 g/mol. The zero-order chi connectivity index (χ0) is 10.6. The van der Waals surface area contributed by atoms with Crippen LogP contribution in [0.2, 0.25) is 0 Å². The first kappa shape index (κ1) is 10.8.